The molecule has 0 fully saturated rings. The van der Waals surface area contributed by atoms with Gasteiger partial charge in [0.1, 0.15) is 11.9 Å². The van der Waals surface area contributed by atoms with Crippen molar-refractivity contribution in [2.24, 2.45) is 0 Å². The van der Waals surface area contributed by atoms with E-state index >= 15 is 0 Å². The van der Waals surface area contributed by atoms with Crippen LogP contribution in [0.5, 0.6) is 5.75 Å². The van der Waals surface area contributed by atoms with Gasteiger partial charge in [0.15, 0.2) is 0 Å². The average molecular weight is 432 g/mol. The largest absolute Gasteiger partial charge is 0.489 e. The highest BCUT2D eigenvalue weighted by molar-refractivity contribution is 5.36. The van der Waals surface area contributed by atoms with Crippen LogP contribution in [0.4, 0.5) is 0 Å². The lowest BCUT2D eigenvalue weighted by molar-refractivity contribution is 0.214. The van der Waals surface area contributed by atoms with Gasteiger partial charge in [-0.3, -0.25) is 0 Å². The van der Waals surface area contributed by atoms with Crippen LogP contribution in [0.1, 0.15) is 135 Å². The van der Waals surface area contributed by atoms with E-state index in [0.717, 1.165) is 25.3 Å². The summed E-state index contributed by atoms with van der Waals surface area (Å²) >= 11 is 0. The van der Waals surface area contributed by atoms with Gasteiger partial charge in [0.2, 0.25) is 0 Å². The predicted octanol–water partition coefficient (Wildman–Crippen LogP) is 9.04. The van der Waals surface area contributed by atoms with Crippen LogP contribution in [-0.2, 0) is 0 Å². The minimum atomic E-state index is 0.205. The van der Waals surface area contributed by atoms with Crippen molar-refractivity contribution in [3.63, 3.8) is 0 Å². The van der Waals surface area contributed by atoms with Crippen molar-refractivity contribution in [3.8, 4) is 5.75 Å². The molecule has 180 valence electrons. The Labute approximate surface area is 194 Å². The summed E-state index contributed by atoms with van der Waals surface area (Å²) in [6.45, 7) is 11.0. The standard InChI is InChI=1S/C29H53NO/c1-5-7-8-9-10-11-12-13-14-15-16-17-18-21-24-30-25-27(4)31-29-23-20-19-22-28(29)26(3)6-2/h19-20,22-23,26-27,30H,5-18,21,24-25H2,1-4H3/t26-,27-/m0/s1. The summed E-state index contributed by atoms with van der Waals surface area (Å²) in [5, 5.41) is 3.59. The molecule has 1 aromatic carbocycles. The smallest absolute Gasteiger partial charge is 0.123 e. The van der Waals surface area contributed by atoms with Gasteiger partial charge in [-0.2, -0.15) is 0 Å². The fraction of sp³-hybridized carbons (Fsp3) is 0.793. The second-order valence-corrected chi connectivity index (χ2v) is 9.58. The van der Waals surface area contributed by atoms with Gasteiger partial charge in [0.25, 0.3) is 0 Å². The number of unbranched alkanes of at least 4 members (excludes halogenated alkanes) is 13. The second kappa shape index (κ2) is 19.6. The van der Waals surface area contributed by atoms with Crippen LogP contribution in [0, 0.1) is 0 Å². The number of ether oxygens (including phenoxy) is 1. The molecule has 0 amide bonds. The van der Waals surface area contributed by atoms with Crippen LogP contribution in [-0.4, -0.2) is 19.2 Å². The first-order valence-electron chi connectivity index (χ1n) is 13.6. The van der Waals surface area contributed by atoms with Gasteiger partial charge in [0, 0.05) is 6.54 Å². The number of rotatable bonds is 21. The van der Waals surface area contributed by atoms with E-state index in [9.17, 15) is 0 Å². The molecular formula is C29H53NO. The highest BCUT2D eigenvalue weighted by Crippen LogP contribution is 2.29. The van der Waals surface area contributed by atoms with Crippen LogP contribution >= 0.6 is 0 Å². The molecule has 0 radical (unpaired) electrons. The number of benzene rings is 1. The highest BCUT2D eigenvalue weighted by Gasteiger charge is 2.12. The van der Waals surface area contributed by atoms with Gasteiger partial charge in [0.05, 0.1) is 0 Å². The first kappa shape index (κ1) is 28.0. The lowest BCUT2D eigenvalue weighted by Gasteiger charge is -2.20. The van der Waals surface area contributed by atoms with Gasteiger partial charge >= 0.3 is 0 Å². The minimum Gasteiger partial charge on any atom is -0.489 e. The van der Waals surface area contributed by atoms with E-state index in [1.54, 1.807) is 0 Å². The monoisotopic (exact) mass is 431 g/mol. The molecule has 2 nitrogen and oxygen atoms in total. The maximum Gasteiger partial charge on any atom is 0.123 e. The van der Waals surface area contributed by atoms with E-state index in [4.69, 9.17) is 4.74 Å². The molecule has 2 atom stereocenters. The highest BCUT2D eigenvalue weighted by atomic mass is 16.5. The Balaban J connectivity index is 1.92. The summed E-state index contributed by atoms with van der Waals surface area (Å²) in [5.74, 6) is 1.61. The van der Waals surface area contributed by atoms with Crippen LogP contribution < -0.4 is 10.1 Å². The first-order valence-corrected chi connectivity index (χ1v) is 13.6. The summed E-state index contributed by atoms with van der Waals surface area (Å²) in [7, 11) is 0. The van der Waals surface area contributed by atoms with Crippen LogP contribution in [0.25, 0.3) is 0 Å². The van der Waals surface area contributed by atoms with Crippen LogP contribution in [0.15, 0.2) is 24.3 Å². The molecule has 1 aromatic rings. The topological polar surface area (TPSA) is 21.3 Å². The van der Waals surface area contributed by atoms with E-state index in [1.807, 2.05) is 0 Å². The van der Waals surface area contributed by atoms with Crippen LogP contribution in [0.3, 0.4) is 0 Å². The van der Waals surface area contributed by atoms with Crippen molar-refractivity contribution in [1.82, 2.24) is 5.32 Å². The van der Waals surface area contributed by atoms with E-state index in [0.29, 0.717) is 5.92 Å². The van der Waals surface area contributed by atoms with Gasteiger partial charge < -0.3 is 10.1 Å². The number of hydrogen-bond donors (Lipinski definition) is 1. The molecule has 0 unspecified atom stereocenters. The Bertz CT molecular complexity index is 515. The molecule has 0 aliphatic rings. The Morgan fingerprint density at radius 3 is 1.77 bits per heavy atom. The summed E-state index contributed by atoms with van der Waals surface area (Å²) in [4.78, 5) is 0. The van der Waals surface area contributed by atoms with E-state index in [-0.39, 0.29) is 6.10 Å². The van der Waals surface area contributed by atoms with Crippen molar-refractivity contribution >= 4 is 0 Å². The van der Waals surface area contributed by atoms with E-state index in [1.165, 1.54) is 95.5 Å². The van der Waals surface area contributed by atoms with Crippen molar-refractivity contribution in [2.75, 3.05) is 13.1 Å². The number of nitrogens with one attached hydrogen (secondary N) is 1. The molecule has 0 saturated carbocycles. The Morgan fingerprint density at radius 1 is 0.710 bits per heavy atom. The maximum atomic E-state index is 6.23. The number of para-hydroxylation sites is 1. The molecule has 0 spiro atoms. The summed E-state index contributed by atoms with van der Waals surface area (Å²) in [6, 6.07) is 8.52. The molecule has 1 N–H and O–H groups in total. The zero-order valence-corrected chi connectivity index (χ0v) is 21.4. The number of hydrogen-bond acceptors (Lipinski definition) is 2. The molecule has 0 heterocycles. The maximum absolute atomic E-state index is 6.23. The molecule has 0 aliphatic heterocycles. The third-order valence-corrected chi connectivity index (χ3v) is 6.53. The lowest BCUT2D eigenvalue weighted by Crippen LogP contribution is -2.29. The third kappa shape index (κ3) is 14.6. The van der Waals surface area contributed by atoms with E-state index < -0.39 is 0 Å². The zero-order chi connectivity index (χ0) is 22.6. The summed E-state index contributed by atoms with van der Waals surface area (Å²) < 4.78 is 6.23. The predicted molar refractivity (Wildman–Crippen MR) is 138 cm³/mol. The SMILES string of the molecule is CCCCCCCCCCCCCCCCNC[C@H](C)Oc1ccccc1[C@@H](C)CC. The minimum absolute atomic E-state index is 0.205. The lowest BCUT2D eigenvalue weighted by atomic mass is 9.98. The summed E-state index contributed by atoms with van der Waals surface area (Å²) in [6.07, 6.45) is 21.2. The fourth-order valence-corrected chi connectivity index (χ4v) is 4.22. The van der Waals surface area contributed by atoms with Gasteiger partial charge in [-0.05, 0) is 43.9 Å². The van der Waals surface area contributed by atoms with Crippen molar-refractivity contribution in [2.45, 2.75) is 136 Å². The van der Waals surface area contributed by atoms with Gasteiger partial charge in [-0.25, -0.2) is 0 Å². The van der Waals surface area contributed by atoms with Crippen molar-refractivity contribution in [3.05, 3.63) is 29.8 Å². The first-order chi connectivity index (χ1) is 15.2. The molecule has 31 heavy (non-hydrogen) atoms. The molecular weight excluding hydrogens is 378 g/mol. The molecule has 0 aliphatic carbocycles. The average Bonchev–Trinajstić information content (AvgIpc) is 2.78. The van der Waals surface area contributed by atoms with Gasteiger partial charge in [-0.15, -0.1) is 0 Å². The molecule has 0 aromatic heterocycles. The van der Waals surface area contributed by atoms with Crippen molar-refractivity contribution < 1.29 is 4.74 Å². The Kier molecular flexibility index (Phi) is 17.8. The van der Waals surface area contributed by atoms with Crippen LogP contribution in [0.2, 0.25) is 0 Å². The molecule has 0 saturated heterocycles. The Hall–Kier alpha value is -1.02. The molecule has 1 rings (SSSR count). The molecule has 0 bridgehead atoms. The Morgan fingerprint density at radius 2 is 1.23 bits per heavy atom. The summed E-state index contributed by atoms with van der Waals surface area (Å²) in [5.41, 5.74) is 1.34. The van der Waals surface area contributed by atoms with Gasteiger partial charge in [-0.1, -0.05) is 122 Å². The zero-order valence-electron chi connectivity index (χ0n) is 21.4. The fourth-order valence-electron chi connectivity index (χ4n) is 4.22. The third-order valence-electron chi connectivity index (χ3n) is 6.53. The van der Waals surface area contributed by atoms with E-state index in [2.05, 4.69) is 57.3 Å². The van der Waals surface area contributed by atoms with Crippen molar-refractivity contribution in [1.29, 1.82) is 0 Å². The molecule has 2 heteroatoms. The normalized spacial score (nSPS) is 13.3. The second-order valence-electron chi connectivity index (χ2n) is 9.58. The quantitative estimate of drug-likeness (QED) is 0.196.